The normalized spacial score (nSPS) is 20.7. The molecule has 2 aromatic carbocycles. The Morgan fingerprint density at radius 2 is 1.75 bits per heavy atom. The van der Waals surface area contributed by atoms with Gasteiger partial charge in [-0.1, -0.05) is 67.1 Å². The summed E-state index contributed by atoms with van der Waals surface area (Å²) in [6.07, 6.45) is 1.98. The number of benzene rings is 2. The standard InChI is InChI=1S/C19H19N3O2/c1-3-19(16-7-5-4-6-8-16)17(23)22(18(24)21-19)20-13-15-11-9-14(2)10-12-15/h4-13H,3H2,1-2H3,(H,21,24)/b20-13-/t19-/m1/s1. The molecule has 1 atom stereocenters. The van der Waals surface area contributed by atoms with Crippen LogP contribution in [0.15, 0.2) is 59.7 Å². The zero-order chi connectivity index (χ0) is 17.2. The predicted molar refractivity (Wildman–Crippen MR) is 92.6 cm³/mol. The van der Waals surface area contributed by atoms with Gasteiger partial charge in [-0.25, -0.2) is 4.79 Å². The summed E-state index contributed by atoms with van der Waals surface area (Å²) < 4.78 is 0. The Labute approximate surface area is 141 Å². The number of aryl methyl sites for hydroxylation is 1. The lowest BCUT2D eigenvalue weighted by Gasteiger charge is -2.24. The van der Waals surface area contributed by atoms with E-state index in [1.807, 2.05) is 68.4 Å². The highest BCUT2D eigenvalue weighted by Crippen LogP contribution is 2.32. The molecule has 1 heterocycles. The van der Waals surface area contributed by atoms with E-state index in [1.54, 1.807) is 0 Å². The second kappa shape index (κ2) is 6.28. The summed E-state index contributed by atoms with van der Waals surface area (Å²) in [6, 6.07) is 16.4. The van der Waals surface area contributed by atoms with Gasteiger partial charge in [0.05, 0.1) is 6.21 Å². The van der Waals surface area contributed by atoms with E-state index in [1.165, 1.54) is 6.21 Å². The number of nitrogens with zero attached hydrogens (tertiary/aromatic N) is 2. The van der Waals surface area contributed by atoms with E-state index in [9.17, 15) is 9.59 Å². The van der Waals surface area contributed by atoms with Crippen LogP contribution in [0.25, 0.3) is 0 Å². The van der Waals surface area contributed by atoms with Gasteiger partial charge in [-0.05, 0) is 24.5 Å². The average Bonchev–Trinajstić information content (AvgIpc) is 2.86. The van der Waals surface area contributed by atoms with Crippen molar-refractivity contribution in [3.63, 3.8) is 0 Å². The minimum absolute atomic E-state index is 0.357. The maximum absolute atomic E-state index is 12.9. The van der Waals surface area contributed by atoms with Gasteiger partial charge in [0.2, 0.25) is 0 Å². The van der Waals surface area contributed by atoms with Crippen molar-refractivity contribution in [3.05, 3.63) is 71.3 Å². The smallest absolute Gasteiger partial charge is 0.318 e. The third-order valence-electron chi connectivity index (χ3n) is 4.27. The molecule has 1 saturated heterocycles. The summed E-state index contributed by atoms with van der Waals surface area (Å²) >= 11 is 0. The first-order valence-electron chi connectivity index (χ1n) is 7.90. The number of urea groups is 1. The molecule has 0 saturated carbocycles. The van der Waals surface area contributed by atoms with Crippen LogP contribution in [0.2, 0.25) is 0 Å². The van der Waals surface area contributed by atoms with Gasteiger partial charge >= 0.3 is 6.03 Å². The summed E-state index contributed by atoms with van der Waals surface area (Å²) in [4.78, 5) is 25.2. The van der Waals surface area contributed by atoms with Gasteiger partial charge in [0.1, 0.15) is 5.54 Å². The molecule has 0 aromatic heterocycles. The molecule has 0 unspecified atom stereocenters. The molecule has 0 bridgehead atoms. The zero-order valence-electron chi connectivity index (χ0n) is 13.7. The summed E-state index contributed by atoms with van der Waals surface area (Å²) in [7, 11) is 0. The van der Waals surface area contributed by atoms with Crippen LogP contribution in [0.1, 0.15) is 30.0 Å². The second-order valence-corrected chi connectivity index (χ2v) is 5.83. The zero-order valence-corrected chi connectivity index (χ0v) is 13.7. The first kappa shape index (κ1) is 15.9. The average molecular weight is 321 g/mol. The van der Waals surface area contributed by atoms with Crippen LogP contribution < -0.4 is 5.32 Å². The van der Waals surface area contributed by atoms with Crippen molar-refractivity contribution in [3.8, 4) is 0 Å². The Morgan fingerprint density at radius 1 is 1.08 bits per heavy atom. The SMILES string of the molecule is CC[C@]1(c2ccccc2)NC(=O)N(/N=C\c2ccc(C)cc2)C1=O. The van der Waals surface area contributed by atoms with E-state index in [-0.39, 0.29) is 5.91 Å². The van der Waals surface area contributed by atoms with E-state index >= 15 is 0 Å². The highest BCUT2D eigenvalue weighted by Gasteiger charge is 2.51. The van der Waals surface area contributed by atoms with E-state index in [0.717, 1.165) is 21.7 Å². The van der Waals surface area contributed by atoms with E-state index < -0.39 is 11.6 Å². The van der Waals surface area contributed by atoms with Gasteiger partial charge in [0.15, 0.2) is 0 Å². The molecule has 24 heavy (non-hydrogen) atoms. The molecule has 1 N–H and O–H groups in total. The molecule has 3 amide bonds. The molecule has 5 nitrogen and oxygen atoms in total. The van der Waals surface area contributed by atoms with Gasteiger partial charge in [-0.3, -0.25) is 4.79 Å². The fourth-order valence-electron chi connectivity index (χ4n) is 2.81. The molecule has 2 aromatic rings. The van der Waals surface area contributed by atoms with Crippen molar-refractivity contribution in [2.24, 2.45) is 5.10 Å². The molecule has 0 radical (unpaired) electrons. The molecule has 122 valence electrons. The molecule has 3 rings (SSSR count). The first-order chi connectivity index (χ1) is 11.6. The number of rotatable bonds is 4. The third-order valence-corrected chi connectivity index (χ3v) is 4.27. The second-order valence-electron chi connectivity index (χ2n) is 5.83. The van der Waals surface area contributed by atoms with Crippen LogP contribution in [-0.2, 0) is 10.3 Å². The van der Waals surface area contributed by atoms with Gasteiger partial charge in [-0.15, -0.1) is 5.01 Å². The number of nitrogens with one attached hydrogen (secondary N) is 1. The van der Waals surface area contributed by atoms with Crippen molar-refractivity contribution in [1.29, 1.82) is 0 Å². The minimum atomic E-state index is -1.05. The van der Waals surface area contributed by atoms with Crippen LogP contribution >= 0.6 is 0 Å². The minimum Gasteiger partial charge on any atom is -0.318 e. The summed E-state index contributed by atoms with van der Waals surface area (Å²) in [5.41, 5.74) is 1.67. The molecule has 1 fully saturated rings. The fraction of sp³-hybridized carbons (Fsp3) is 0.211. The summed E-state index contributed by atoms with van der Waals surface area (Å²) in [6.45, 7) is 3.87. The highest BCUT2D eigenvalue weighted by atomic mass is 16.2. The molecular formula is C19H19N3O2. The Bertz CT molecular complexity index is 784. The van der Waals surface area contributed by atoms with Gasteiger partial charge < -0.3 is 5.32 Å². The molecule has 1 aliphatic rings. The largest absolute Gasteiger partial charge is 0.346 e. The third kappa shape index (κ3) is 2.69. The van der Waals surface area contributed by atoms with Crippen molar-refractivity contribution in [2.45, 2.75) is 25.8 Å². The van der Waals surface area contributed by atoms with Crippen LogP contribution in [0.5, 0.6) is 0 Å². The van der Waals surface area contributed by atoms with Crippen molar-refractivity contribution in [1.82, 2.24) is 10.3 Å². The molecule has 0 spiro atoms. The Morgan fingerprint density at radius 3 is 2.38 bits per heavy atom. The van der Waals surface area contributed by atoms with E-state index in [0.29, 0.717) is 6.42 Å². The fourth-order valence-corrected chi connectivity index (χ4v) is 2.81. The van der Waals surface area contributed by atoms with Crippen LogP contribution in [0.4, 0.5) is 4.79 Å². The lowest BCUT2D eigenvalue weighted by Crippen LogP contribution is -2.43. The van der Waals surface area contributed by atoms with E-state index in [4.69, 9.17) is 0 Å². The lowest BCUT2D eigenvalue weighted by molar-refractivity contribution is -0.131. The molecular weight excluding hydrogens is 302 g/mol. The van der Waals surface area contributed by atoms with Gasteiger partial charge in [0.25, 0.3) is 5.91 Å². The van der Waals surface area contributed by atoms with Crippen molar-refractivity contribution in [2.75, 3.05) is 0 Å². The van der Waals surface area contributed by atoms with Crippen LogP contribution in [0.3, 0.4) is 0 Å². The van der Waals surface area contributed by atoms with Crippen LogP contribution in [0, 0.1) is 6.92 Å². The predicted octanol–water partition coefficient (Wildman–Crippen LogP) is 3.19. The molecule has 0 aliphatic carbocycles. The van der Waals surface area contributed by atoms with Crippen molar-refractivity contribution < 1.29 is 9.59 Å². The maximum atomic E-state index is 12.9. The molecule has 1 aliphatic heterocycles. The molecule has 5 heteroatoms. The Hall–Kier alpha value is -2.95. The number of carbonyl (C=O) groups excluding carboxylic acids is 2. The summed E-state index contributed by atoms with van der Waals surface area (Å²) in [5, 5.41) is 7.82. The van der Waals surface area contributed by atoms with E-state index in [2.05, 4.69) is 10.4 Å². The monoisotopic (exact) mass is 321 g/mol. The number of amides is 3. The topological polar surface area (TPSA) is 61.8 Å². The van der Waals surface area contributed by atoms with Crippen molar-refractivity contribution >= 4 is 18.2 Å². The maximum Gasteiger partial charge on any atom is 0.346 e. The lowest BCUT2D eigenvalue weighted by atomic mass is 9.87. The number of hydrogen-bond donors (Lipinski definition) is 1. The van der Waals surface area contributed by atoms with Gasteiger partial charge in [0, 0.05) is 0 Å². The highest BCUT2D eigenvalue weighted by molar-refractivity contribution is 6.07. The Balaban J connectivity index is 1.90. The first-order valence-corrected chi connectivity index (χ1v) is 7.90. The Kier molecular flexibility index (Phi) is 4.16. The summed E-state index contributed by atoms with van der Waals surface area (Å²) in [5.74, 6) is -0.357. The number of hydrazone groups is 1. The quantitative estimate of drug-likeness (QED) is 0.694. The number of hydrogen-bond acceptors (Lipinski definition) is 3. The van der Waals surface area contributed by atoms with Crippen LogP contribution in [-0.4, -0.2) is 23.2 Å². The van der Waals surface area contributed by atoms with Gasteiger partial charge in [-0.2, -0.15) is 5.10 Å². The number of imide groups is 1. The number of carbonyl (C=O) groups is 2.